The third kappa shape index (κ3) is 4.58. The summed E-state index contributed by atoms with van der Waals surface area (Å²) in [6.45, 7) is 1.68. The first kappa shape index (κ1) is 23.2. The summed E-state index contributed by atoms with van der Waals surface area (Å²) >= 11 is 6.35. The number of nitrogens with one attached hydrogen (secondary N) is 1. The molecule has 11 heteroatoms. The summed E-state index contributed by atoms with van der Waals surface area (Å²) < 4.78 is 26.8. The Balaban J connectivity index is 1.62. The number of carbonyl (C=O) groups excluding carboxylic acids is 1. The number of imidazole rings is 1. The highest BCUT2D eigenvalue weighted by Crippen LogP contribution is 2.33. The van der Waals surface area contributed by atoms with Gasteiger partial charge in [0.25, 0.3) is 5.91 Å². The Hall–Kier alpha value is -3.92. The monoisotopic (exact) mass is 484 g/mol. The Bertz CT molecular complexity index is 1360. The topological polar surface area (TPSA) is 93.9 Å². The van der Waals surface area contributed by atoms with Crippen LogP contribution in [0.5, 0.6) is 11.5 Å². The number of hydrogen-bond donors (Lipinski definition) is 1. The predicted octanol–water partition coefficient (Wildman–Crippen LogP) is 4.19. The van der Waals surface area contributed by atoms with Gasteiger partial charge >= 0.3 is 0 Å². The van der Waals surface area contributed by atoms with Crippen LogP contribution in [-0.2, 0) is 4.79 Å². The quantitative estimate of drug-likeness (QED) is 0.420. The van der Waals surface area contributed by atoms with Gasteiger partial charge in [-0.25, -0.2) is 19.3 Å². The van der Waals surface area contributed by atoms with Gasteiger partial charge < -0.3 is 19.7 Å². The molecule has 0 saturated heterocycles. The number of amides is 1. The molecule has 4 aromatic rings. The van der Waals surface area contributed by atoms with Gasteiger partial charge in [0.05, 0.1) is 35.9 Å². The number of carbonyl (C=O) groups is 1. The van der Waals surface area contributed by atoms with Crippen LogP contribution in [0.4, 0.5) is 16.0 Å². The lowest BCUT2D eigenvalue weighted by atomic mass is 10.2. The molecule has 0 fully saturated rings. The summed E-state index contributed by atoms with van der Waals surface area (Å²) in [6.07, 6.45) is 3.97. The van der Waals surface area contributed by atoms with Crippen LogP contribution in [-0.4, -0.2) is 57.5 Å². The Kier molecular flexibility index (Phi) is 6.51. The number of halogens is 2. The molecule has 0 bridgehead atoms. The fraction of sp³-hybridized carbons (Fsp3) is 0.217. The maximum Gasteiger partial charge on any atom is 0.262 e. The van der Waals surface area contributed by atoms with Crippen LogP contribution in [0, 0.1) is 5.82 Å². The van der Waals surface area contributed by atoms with E-state index >= 15 is 0 Å². The molecule has 34 heavy (non-hydrogen) atoms. The summed E-state index contributed by atoms with van der Waals surface area (Å²) in [6, 6.07) is 7.99. The normalized spacial score (nSPS) is 11.8. The Morgan fingerprint density at radius 2 is 2.03 bits per heavy atom. The minimum atomic E-state index is -0.656. The van der Waals surface area contributed by atoms with Crippen molar-refractivity contribution in [2.75, 3.05) is 26.5 Å². The lowest BCUT2D eigenvalue weighted by molar-refractivity contribution is -0.135. The Morgan fingerprint density at radius 1 is 1.24 bits per heavy atom. The first-order chi connectivity index (χ1) is 16.3. The van der Waals surface area contributed by atoms with Crippen LogP contribution in [0.3, 0.4) is 0 Å². The van der Waals surface area contributed by atoms with Crippen LogP contribution >= 0.6 is 11.6 Å². The van der Waals surface area contributed by atoms with Crippen molar-refractivity contribution in [2.24, 2.45) is 0 Å². The molecule has 4 rings (SSSR count). The number of pyridine rings is 1. The summed E-state index contributed by atoms with van der Waals surface area (Å²) in [5.74, 6) is 0.560. The molecule has 0 saturated carbocycles. The Labute approximate surface area is 200 Å². The number of hydrogen-bond acceptors (Lipinski definition) is 7. The molecule has 3 heterocycles. The van der Waals surface area contributed by atoms with Crippen LogP contribution in [0.15, 0.2) is 48.9 Å². The number of ether oxygens (including phenoxy) is 2. The van der Waals surface area contributed by atoms with Gasteiger partial charge in [-0.3, -0.25) is 9.20 Å². The molecule has 1 aromatic carbocycles. The van der Waals surface area contributed by atoms with Crippen LogP contribution < -0.4 is 14.8 Å². The van der Waals surface area contributed by atoms with Gasteiger partial charge in [0, 0.05) is 26.4 Å². The summed E-state index contributed by atoms with van der Waals surface area (Å²) in [5, 5.41) is 3.38. The van der Waals surface area contributed by atoms with Crippen molar-refractivity contribution in [1.82, 2.24) is 24.3 Å². The lowest BCUT2D eigenvalue weighted by Gasteiger charge is -2.19. The number of methoxy groups -OCH3 is 1. The van der Waals surface area contributed by atoms with Gasteiger partial charge in [-0.2, -0.15) is 0 Å². The van der Waals surface area contributed by atoms with Crippen LogP contribution in [0.1, 0.15) is 6.92 Å². The van der Waals surface area contributed by atoms with Crippen molar-refractivity contribution < 1.29 is 18.7 Å². The number of likely N-dealkylation sites (N-methyl/N-ethyl adjacent to an activating group) is 1. The number of nitrogens with zero attached hydrogens (tertiary/aromatic N) is 5. The van der Waals surface area contributed by atoms with Crippen LogP contribution in [0.25, 0.3) is 17.0 Å². The van der Waals surface area contributed by atoms with Gasteiger partial charge in [-0.05, 0) is 31.2 Å². The zero-order valence-corrected chi connectivity index (χ0v) is 19.7. The van der Waals surface area contributed by atoms with Crippen molar-refractivity contribution in [3.8, 4) is 22.9 Å². The van der Waals surface area contributed by atoms with Crippen molar-refractivity contribution in [3.05, 3.63) is 59.8 Å². The summed E-state index contributed by atoms with van der Waals surface area (Å²) in [4.78, 5) is 26.4. The maximum absolute atomic E-state index is 14.1. The molecular formula is C23H22ClFN6O3. The van der Waals surface area contributed by atoms with Crippen molar-refractivity contribution in [3.63, 3.8) is 0 Å². The summed E-state index contributed by atoms with van der Waals surface area (Å²) in [7, 11) is 4.85. The average molecular weight is 485 g/mol. The van der Waals surface area contributed by atoms with Gasteiger partial charge in [-0.15, -0.1) is 0 Å². The minimum absolute atomic E-state index is 0.157. The first-order valence-corrected chi connectivity index (χ1v) is 10.6. The predicted molar refractivity (Wildman–Crippen MR) is 126 cm³/mol. The van der Waals surface area contributed by atoms with E-state index in [4.69, 9.17) is 21.1 Å². The molecule has 0 radical (unpaired) electrons. The van der Waals surface area contributed by atoms with E-state index in [1.165, 1.54) is 30.5 Å². The second-order valence-corrected chi connectivity index (χ2v) is 7.97. The zero-order valence-electron chi connectivity index (χ0n) is 18.9. The molecule has 9 nitrogen and oxygen atoms in total. The Morgan fingerprint density at radius 3 is 2.76 bits per heavy atom. The highest BCUT2D eigenvalue weighted by molar-refractivity contribution is 6.32. The second kappa shape index (κ2) is 9.52. The molecule has 176 valence electrons. The molecule has 0 aliphatic carbocycles. The number of anilines is 2. The van der Waals surface area contributed by atoms with Crippen molar-refractivity contribution in [1.29, 1.82) is 0 Å². The van der Waals surface area contributed by atoms with Crippen LogP contribution in [0.2, 0.25) is 5.02 Å². The van der Waals surface area contributed by atoms with Crippen molar-refractivity contribution in [2.45, 2.75) is 13.0 Å². The molecular weight excluding hydrogens is 463 g/mol. The first-order valence-electron chi connectivity index (χ1n) is 10.3. The largest absolute Gasteiger partial charge is 0.494 e. The fourth-order valence-corrected chi connectivity index (χ4v) is 3.53. The zero-order chi connectivity index (χ0) is 24.4. The number of aromatic nitrogens is 4. The van der Waals surface area contributed by atoms with Gasteiger partial charge in [0.15, 0.2) is 17.6 Å². The molecule has 1 amide bonds. The van der Waals surface area contributed by atoms with E-state index in [-0.39, 0.29) is 22.5 Å². The van der Waals surface area contributed by atoms with Crippen molar-refractivity contribution >= 4 is 34.8 Å². The SMILES string of the molecule is COc1cc(OC(C)C(=O)N(C)C)ccc1Nc1ncc(Cl)c(-c2cnc3c(F)cccn23)n1. The second-order valence-electron chi connectivity index (χ2n) is 7.56. The van der Waals surface area contributed by atoms with E-state index in [2.05, 4.69) is 20.3 Å². The lowest BCUT2D eigenvalue weighted by Crippen LogP contribution is -2.35. The van der Waals surface area contributed by atoms with Gasteiger partial charge in [0.1, 0.15) is 17.2 Å². The molecule has 1 atom stereocenters. The highest BCUT2D eigenvalue weighted by Gasteiger charge is 2.18. The van der Waals surface area contributed by atoms with E-state index < -0.39 is 11.9 Å². The fourth-order valence-electron chi connectivity index (χ4n) is 3.35. The third-order valence-electron chi connectivity index (χ3n) is 5.00. The van der Waals surface area contributed by atoms with E-state index in [9.17, 15) is 9.18 Å². The van der Waals surface area contributed by atoms with Gasteiger partial charge in [0.2, 0.25) is 5.95 Å². The summed E-state index contributed by atoms with van der Waals surface area (Å²) in [5.41, 5.74) is 1.63. The number of rotatable bonds is 7. The molecule has 0 spiro atoms. The molecule has 0 aliphatic rings. The molecule has 1 unspecified atom stereocenters. The molecule has 1 N–H and O–H groups in total. The highest BCUT2D eigenvalue weighted by atomic mass is 35.5. The molecule has 3 aromatic heterocycles. The number of benzene rings is 1. The third-order valence-corrected chi connectivity index (χ3v) is 5.27. The average Bonchev–Trinajstić information content (AvgIpc) is 3.26. The van der Waals surface area contributed by atoms with E-state index in [1.54, 1.807) is 55.9 Å². The maximum atomic E-state index is 14.1. The standard InChI is InChI=1S/C23H22ClFN6O3/c1-13(22(32)30(2)3)34-14-7-8-17(19(10-14)33-4)28-23-27-11-15(24)20(29-23)18-12-26-21-16(25)6-5-9-31(18)21/h5-13H,1-4H3,(H,27,28,29). The molecule has 0 aliphatic heterocycles. The van der Waals surface area contributed by atoms with E-state index in [0.717, 1.165) is 0 Å². The van der Waals surface area contributed by atoms with E-state index in [1.807, 2.05) is 0 Å². The minimum Gasteiger partial charge on any atom is -0.494 e. The van der Waals surface area contributed by atoms with E-state index in [0.29, 0.717) is 28.6 Å². The van der Waals surface area contributed by atoms with Gasteiger partial charge in [-0.1, -0.05) is 11.6 Å². The smallest absolute Gasteiger partial charge is 0.262 e. The number of fused-ring (bicyclic) bond motifs is 1.